The highest BCUT2D eigenvalue weighted by Gasteiger charge is 2.37. The van der Waals surface area contributed by atoms with E-state index < -0.39 is 0 Å². The summed E-state index contributed by atoms with van der Waals surface area (Å²) in [4.78, 5) is 15.7. The molecule has 0 bridgehead atoms. The van der Waals surface area contributed by atoms with Gasteiger partial charge in [-0.3, -0.25) is 0 Å². The van der Waals surface area contributed by atoms with E-state index in [1.54, 1.807) is 0 Å². The summed E-state index contributed by atoms with van der Waals surface area (Å²) in [6, 6.07) is 67.1. The Labute approximate surface area is 342 Å². The standard InChI is InChI=1S/C54H37N3S/c1-54(2)46-24-10-9-18-44(46)48-45(23-13-25-47(48)54)53-56-51(38-30-26-35(27-31-38)34-14-5-3-6-15-34)55-52(57-53)39-32-28-37(29-33-39)41-20-12-22-43-42-21-11-19-40(49(42)58-50(41)43)36-16-7-4-8-17-36/h3-33H,1-2H3. The lowest BCUT2D eigenvalue weighted by atomic mass is 9.82. The van der Waals surface area contributed by atoms with E-state index in [2.05, 4.69) is 196 Å². The topological polar surface area (TPSA) is 38.7 Å². The Morgan fingerprint density at radius 2 is 0.741 bits per heavy atom. The fourth-order valence-electron chi connectivity index (χ4n) is 8.83. The second-order valence-electron chi connectivity index (χ2n) is 15.6. The van der Waals surface area contributed by atoms with E-state index in [-0.39, 0.29) is 5.41 Å². The Kier molecular flexibility index (Phi) is 8.02. The molecule has 1 aliphatic carbocycles. The molecular weight excluding hydrogens is 723 g/mol. The maximum atomic E-state index is 5.26. The predicted molar refractivity (Wildman–Crippen MR) is 243 cm³/mol. The molecule has 58 heavy (non-hydrogen) atoms. The van der Waals surface area contributed by atoms with Crippen LogP contribution in [0.15, 0.2) is 188 Å². The van der Waals surface area contributed by atoms with Gasteiger partial charge in [0.25, 0.3) is 0 Å². The Hall–Kier alpha value is -7.01. The molecule has 1 aliphatic rings. The summed E-state index contributed by atoms with van der Waals surface area (Å²) in [6.45, 7) is 4.62. The molecule has 0 aliphatic heterocycles. The molecule has 2 aromatic heterocycles. The number of benzene rings is 8. The van der Waals surface area contributed by atoms with E-state index in [9.17, 15) is 0 Å². The molecule has 0 radical (unpaired) electrons. The van der Waals surface area contributed by atoms with E-state index in [0.29, 0.717) is 17.5 Å². The molecule has 0 N–H and O–H groups in total. The highest BCUT2D eigenvalue weighted by atomic mass is 32.1. The van der Waals surface area contributed by atoms with Crippen LogP contribution in [0.1, 0.15) is 25.0 Å². The molecule has 0 atom stereocenters. The van der Waals surface area contributed by atoms with Gasteiger partial charge in [0.05, 0.1) is 0 Å². The minimum absolute atomic E-state index is 0.135. The number of rotatable bonds is 6. The van der Waals surface area contributed by atoms with Crippen molar-refractivity contribution in [2.24, 2.45) is 0 Å². The predicted octanol–water partition coefficient (Wildman–Crippen LogP) is 14.5. The van der Waals surface area contributed by atoms with Gasteiger partial charge in [-0.1, -0.05) is 202 Å². The van der Waals surface area contributed by atoms with Crippen LogP contribution in [-0.2, 0) is 5.41 Å². The lowest BCUT2D eigenvalue weighted by Crippen LogP contribution is -2.14. The van der Waals surface area contributed by atoms with Crippen molar-refractivity contribution in [2.45, 2.75) is 19.3 Å². The van der Waals surface area contributed by atoms with Crippen LogP contribution >= 0.6 is 11.3 Å². The highest BCUT2D eigenvalue weighted by Crippen LogP contribution is 2.52. The van der Waals surface area contributed by atoms with Crippen molar-refractivity contribution in [3.63, 3.8) is 0 Å². The maximum absolute atomic E-state index is 5.26. The minimum Gasteiger partial charge on any atom is -0.208 e. The monoisotopic (exact) mass is 759 g/mol. The summed E-state index contributed by atoms with van der Waals surface area (Å²) in [5.41, 5.74) is 15.0. The molecule has 0 fully saturated rings. The van der Waals surface area contributed by atoms with Crippen molar-refractivity contribution in [1.29, 1.82) is 0 Å². The second kappa shape index (κ2) is 13.6. The summed E-state index contributed by atoms with van der Waals surface area (Å²) < 4.78 is 2.60. The van der Waals surface area contributed by atoms with Gasteiger partial charge >= 0.3 is 0 Å². The van der Waals surface area contributed by atoms with Crippen LogP contribution in [0.5, 0.6) is 0 Å². The Bertz CT molecular complexity index is 3160. The summed E-state index contributed by atoms with van der Waals surface area (Å²) in [5, 5.41) is 2.57. The third-order valence-electron chi connectivity index (χ3n) is 11.8. The first-order valence-electron chi connectivity index (χ1n) is 19.8. The Morgan fingerprint density at radius 3 is 1.36 bits per heavy atom. The van der Waals surface area contributed by atoms with Gasteiger partial charge in [0.1, 0.15) is 0 Å². The van der Waals surface area contributed by atoms with E-state index >= 15 is 0 Å². The van der Waals surface area contributed by atoms with Crippen LogP contribution in [0.4, 0.5) is 0 Å². The fraction of sp³-hybridized carbons (Fsp3) is 0.0556. The van der Waals surface area contributed by atoms with E-state index in [0.717, 1.165) is 27.8 Å². The van der Waals surface area contributed by atoms with Crippen molar-refractivity contribution < 1.29 is 0 Å². The molecule has 11 rings (SSSR count). The van der Waals surface area contributed by atoms with E-state index in [1.165, 1.54) is 64.7 Å². The molecule has 0 amide bonds. The third kappa shape index (κ3) is 5.60. The smallest absolute Gasteiger partial charge is 0.164 e. The summed E-state index contributed by atoms with van der Waals surface area (Å²) >= 11 is 1.88. The van der Waals surface area contributed by atoms with Crippen molar-refractivity contribution in [3.05, 3.63) is 199 Å². The number of thiophene rings is 1. The molecular formula is C54H37N3S. The van der Waals surface area contributed by atoms with Crippen LogP contribution in [0, 0.1) is 0 Å². The molecule has 0 saturated carbocycles. The Morgan fingerprint density at radius 1 is 0.328 bits per heavy atom. The first-order valence-corrected chi connectivity index (χ1v) is 20.6. The summed E-state index contributed by atoms with van der Waals surface area (Å²) in [5.74, 6) is 1.97. The molecule has 0 unspecified atom stereocenters. The second-order valence-corrected chi connectivity index (χ2v) is 16.6. The van der Waals surface area contributed by atoms with Gasteiger partial charge in [-0.2, -0.15) is 0 Å². The van der Waals surface area contributed by atoms with Crippen molar-refractivity contribution >= 4 is 31.5 Å². The molecule has 8 aromatic carbocycles. The quantitative estimate of drug-likeness (QED) is 0.169. The fourth-order valence-corrected chi connectivity index (χ4v) is 10.2. The largest absolute Gasteiger partial charge is 0.208 e. The molecule has 2 heterocycles. The van der Waals surface area contributed by atoms with Crippen LogP contribution in [0.2, 0.25) is 0 Å². The number of nitrogens with zero attached hydrogens (tertiary/aromatic N) is 3. The van der Waals surface area contributed by atoms with Crippen LogP contribution in [-0.4, -0.2) is 15.0 Å². The number of hydrogen-bond donors (Lipinski definition) is 0. The van der Waals surface area contributed by atoms with Gasteiger partial charge in [0, 0.05) is 42.3 Å². The maximum Gasteiger partial charge on any atom is 0.164 e. The number of aromatic nitrogens is 3. The zero-order valence-corrected chi connectivity index (χ0v) is 33.0. The Balaban J connectivity index is 1.04. The summed E-state index contributed by atoms with van der Waals surface area (Å²) in [6.07, 6.45) is 0. The SMILES string of the molecule is CC1(C)c2ccccc2-c2c(-c3nc(-c4ccc(-c5ccccc5)cc4)nc(-c4ccc(-c5cccc6c5sc5c(-c7ccccc7)cccc56)cc4)n3)cccc21. The molecule has 274 valence electrons. The van der Waals surface area contributed by atoms with Crippen LogP contribution in [0.3, 0.4) is 0 Å². The van der Waals surface area contributed by atoms with Crippen molar-refractivity contribution in [1.82, 2.24) is 15.0 Å². The van der Waals surface area contributed by atoms with Gasteiger partial charge in [-0.15, -0.1) is 11.3 Å². The van der Waals surface area contributed by atoms with Crippen molar-refractivity contribution in [3.8, 4) is 78.7 Å². The molecule has 4 heteroatoms. The van der Waals surface area contributed by atoms with Crippen molar-refractivity contribution in [2.75, 3.05) is 0 Å². The van der Waals surface area contributed by atoms with Gasteiger partial charge in [0.2, 0.25) is 0 Å². The molecule has 0 saturated heterocycles. The average Bonchev–Trinajstić information content (AvgIpc) is 3.79. The highest BCUT2D eigenvalue weighted by molar-refractivity contribution is 7.26. The van der Waals surface area contributed by atoms with Gasteiger partial charge in [-0.25, -0.2) is 15.0 Å². The van der Waals surface area contributed by atoms with Gasteiger partial charge in [0.15, 0.2) is 17.5 Å². The third-order valence-corrected chi connectivity index (χ3v) is 13.1. The average molecular weight is 760 g/mol. The van der Waals surface area contributed by atoms with E-state index in [1.807, 2.05) is 17.4 Å². The number of fused-ring (bicyclic) bond motifs is 6. The molecule has 0 spiro atoms. The normalized spacial score (nSPS) is 12.8. The van der Waals surface area contributed by atoms with E-state index in [4.69, 9.17) is 15.0 Å². The lowest BCUT2D eigenvalue weighted by Gasteiger charge is -2.21. The minimum atomic E-state index is -0.135. The first-order chi connectivity index (χ1) is 28.5. The zero-order chi connectivity index (χ0) is 38.8. The van der Waals surface area contributed by atoms with Gasteiger partial charge in [-0.05, 0) is 55.6 Å². The van der Waals surface area contributed by atoms with Gasteiger partial charge < -0.3 is 0 Å². The molecule has 3 nitrogen and oxygen atoms in total. The van der Waals surface area contributed by atoms with Crippen LogP contribution < -0.4 is 0 Å². The summed E-state index contributed by atoms with van der Waals surface area (Å²) in [7, 11) is 0. The number of hydrogen-bond acceptors (Lipinski definition) is 4. The molecule has 10 aromatic rings. The first kappa shape index (κ1) is 34.3. The lowest BCUT2D eigenvalue weighted by molar-refractivity contribution is 0.660. The van der Waals surface area contributed by atoms with Crippen LogP contribution in [0.25, 0.3) is 98.8 Å². The zero-order valence-electron chi connectivity index (χ0n) is 32.1.